The molecule has 1 unspecified atom stereocenters. The Morgan fingerprint density at radius 2 is 1.72 bits per heavy atom. The van der Waals surface area contributed by atoms with Crippen LogP contribution in [0.1, 0.15) is 41.8 Å². The van der Waals surface area contributed by atoms with Crippen molar-refractivity contribution in [2.75, 3.05) is 26.7 Å². The molecular weight excluding hydrogens is 366 g/mol. The fourth-order valence-electron chi connectivity index (χ4n) is 3.92. The Bertz CT molecular complexity index is 890. The smallest absolute Gasteiger partial charge is 0.258 e. The monoisotopic (exact) mass is 393 g/mol. The van der Waals surface area contributed by atoms with E-state index in [1.807, 2.05) is 48.5 Å². The van der Waals surface area contributed by atoms with Crippen LogP contribution in [0.25, 0.3) is 0 Å². The van der Waals surface area contributed by atoms with Crippen molar-refractivity contribution in [1.29, 1.82) is 0 Å². The minimum Gasteiger partial charge on any atom is -0.387 e. The average Bonchev–Trinajstić information content (AvgIpc) is 3.25. The van der Waals surface area contributed by atoms with Gasteiger partial charge in [-0.1, -0.05) is 65.8 Å². The molecule has 29 heavy (non-hydrogen) atoms. The van der Waals surface area contributed by atoms with Crippen molar-refractivity contribution in [1.82, 2.24) is 15.0 Å². The van der Waals surface area contributed by atoms with Crippen molar-refractivity contribution in [2.45, 2.75) is 31.0 Å². The number of rotatable bonds is 7. The summed E-state index contributed by atoms with van der Waals surface area (Å²) < 4.78 is 11.5. The van der Waals surface area contributed by atoms with Gasteiger partial charge in [0, 0.05) is 33.2 Å². The number of nitrogens with zero attached hydrogens (tertiary/aromatic N) is 3. The second-order valence-corrected chi connectivity index (χ2v) is 7.60. The normalized spacial score (nSPS) is 17.9. The third kappa shape index (κ3) is 4.56. The summed E-state index contributed by atoms with van der Waals surface area (Å²) in [7, 11) is 1.70. The molecule has 152 valence electrons. The molecule has 0 aliphatic carbocycles. The molecule has 0 radical (unpaired) electrons. The lowest BCUT2D eigenvalue weighted by Crippen LogP contribution is -2.45. The van der Waals surface area contributed by atoms with Crippen molar-refractivity contribution >= 4 is 0 Å². The van der Waals surface area contributed by atoms with Gasteiger partial charge in [-0.25, -0.2) is 0 Å². The lowest BCUT2D eigenvalue weighted by Gasteiger charge is -2.38. The first-order chi connectivity index (χ1) is 14.2. The quantitative estimate of drug-likeness (QED) is 0.664. The topological polar surface area (TPSA) is 71.6 Å². The summed E-state index contributed by atoms with van der Waals surface area (Å²) in [6.07, 6.45) is 1.64. The van der Waals surface area contributed by atoms with Crippen LogP contribution in [0.5, 0.6) is 0 Å². The lowest BCUT2D eigenvalue weighted by atomic mass is 9.90. The molecule has 0 bridgehead atoms. The molecule has 4 rings (SSSR count). The van der Waals surface area contributed by atoms with E-state index in [1.54, 1.807) is 7.11 Å². The number of piperidine rings is 1. The number of aliphatic hydroxyl groups excluding tert-OH is 1. The molecule has 0 spiro atoms. The third-order valence-corrected chi connectivity index (χ3v) is 5.73. The number of aliphatic hydroxyl groups is 1. The molecule has 1 atom stereocenters. The number of aromatic nitrogens is 2. The van der Waals surface area contributed by atoms with Gasteiger partial charge in [-0.15, -0.1) is 0 Å². The Labute approximate surface area is 171 Å². The summed E-state index contributed by atoms with van der Waals surface area (Å²) in [5.74, 6) is 1.22. The fourth-order valence-corrected chi connectivity index (χ4v) is 3.92. The van der Waals surface area contributed by atoms with E-state index in [1.165, 1.54) is 0 Å². The second-order valence-electron chi connectivity index (χ2n) is 7.60. The molecule has 6 nitrogen and oxygen atoms in total. The summed E-state index contributed by atoms with van der Waals surface area (Å²) in [6, 6.07) is 19.9. The van der Waals surface area contributed by atoms with Gasteiger partial charge in [-0.05, 0) is 24.0 Å². The van der Waals surface area contributed by atoms with E-state index >= 15 is 0 Å². The van der Waals surface area contributed by atoms with Crippen LogP contribution in [-0.4, -0.2) is 46.9 Å². The van der Waals surface area contributed by atoms with Gasteiger partial charge in [0.25, 0.3) is 5.89 Å². The highest BCUT2D eigenvalue weighted by Gasteiger charge is 2.41. The molecule has 3 aromatic rings. The SMILES string of the molecule is COC1(c2nc(Cc3ccccc3)no2)CCN(CC(O)c2ccccc2)CC1. The van der Waals surface area contributed by atoms with E-state index in [4.69, 9.17) is 9.26 Å². The number of hydrogen-bond donors (Lipinski definition) is 1. The maximum Gasteiger partial charge on any atom is 0.258 e. The fraction of sp³-hybridized carbons (Fsp3) is 0.391. The lowest BCUT2D eigenvalue weighted by molar-refractivity contribution is -0.0865. The van der Waals surface area contributed by atoms with E-state index in [2.05, 4.69) is 27.2 Å². The number of likely N-dealkylation sites (tertiary alicyclic amines) is 1. The molecule has 2 aromatic carbocycles. The molecule has 1 fully saturated rings. The van der Waals surface area contributed by atoms with Crippen LogP contribution in [0.15, 0.2) is 65.2 Å². The van der Waals surface area contributed by atoms with Gasteiger partial charge in [-0.3, -0.25) is 0 Å². The molecular formula is C23H27N3O3. The molecule has 6 heteroatoms. The predicted octanol–water partition coefficient (Wildman–Crippen LogP) is 3.33. The van der Waals surface area contributed by atoms with Crippen molar-refractivity contribution in [2.24, 2.45) is 0 Å². The molecule has 0 amide bonds. The third-order valence-electron chi connectivity index (χ3n) is 5.73. The van der Waals surface area contributed by atoms with E-state index < -0.39 is 11.7 Å². The van der Waals surface area contributed by atoms with Crippen LogP contribution >= 0.6 is 0 Å². The first-order valence-electron chi connectivity index (χ1n) is 10.1. The first kappa shape index (κ1) is 19.8. The van der Waals surface area contributed by atoms with Crippen LogP contribution in [0.3, 0.4) is 0 Å². The highest BCUT2D eigenvalue weighted by molar-refractivity contribution is 5.19. The van der Waals surface area contributed by atoms with Crippen LogP contribution in [-0.2, 0) is 16.8 Å². The Balaban J connectivity index is 1.38. The summed E-state index contributed by atoms with van der Waals surface area (Å²) in [6.45, 7) is 2.20. The van der Waals surface area contributed by atoms with Gasteiger partial charge in [0.2, 0.25) is 0 Å². The van der Waals surface area contributed by atoms with Gasteiger partial charge in [0.15, 0.2) is 5.82 Å². The number of ether oxygens (including phenoxy) is 1. The molecule has 1 aliphatic rings. The number of benzene rings is 2. The summed E-state index contributed by atoms with van der Waals surface area (Å²) in [5, 5.41) is 14.7. The summed E-state index contributed by atoms with van der Waals surface area (Å²) >= 11 is 0. The summed E-state index contributed by atoms with van der Waals surface area (Å²) in [4.78, 5) is 6.90. The zero-order valence-corrected chi connectivity index (χ0v) is 16.7. The van der Waals surface area contributed by atoms with E-state index in [0.717, 1.165) is 37.1 Å². The Kier molecular flexibility index (Phi) is 6.04. The van der Waals surface area contributed by atoms with Gasteiger partial charge in [0.1, 0.15) is 5.60 Å². The molecule has 1 aromatic heterocycles. The zero-order chi connectivity index (χ0) is 20.1. The largest absolute Gasteiger partial charge is 0.387 e. The van der Waals surface area contributed by atoms with Crippen molar-refractivity contribution in [3.05, 3.63) is 83.5 Å². The Morgan fingerprint density at radius 3 is 2.38 bits per heavy atom. The summed E-state index contributed by atoms with van der Waals surface area (Å²) in [5.41, 5.74) is 1.53. The minimum atomic E-state index is -0.559. The molecule has 0 saturated carbocycles. The van der Waals surface area contributed by atoms with E-state index in [0.29, 0.717) is 24.7 Å². The number of hydrogen-bond acceptors (Lipinski definition) is 6. The van der Waals surface area contributed by atoms with Crippen LogP contribution in [0.4, 0.5) is 0 Å². The standard InChI is InChI=1S/C23H27N3O3/c1-28-23(22-24-21(25-29-22)16-18-8-4-2-5-9-18)12-14-26(15-13-23)17-20(27)19-10-6-3-7-11-19/h2-11,20,27H,12-17H2,1H3. The Morgan fingerprint density at radius 1 is 1.07 bits per heavy atom. The molecule has 2 heterocycles. The van der Waals surface area contributed by atoms with Crippen LogP contribution < -0.4 is 0 Å². The van der Waals surface area contributed by atoms with Crippen molar-refractivity contribution in [3.8, 4) is 0 Å². The number of methoxy groups -OCH3 is 1. The van der Waals surface area contributed by atoms with Crippen molar-refractivity contribution in [3.63, 3.8) is 0 Å². The highest BCUT2D eigenvalue weighted by Crippen LogP contribution is 2.35. The van der Waals surface area contributed by atoms with Gasteiger partial charge in [0.05, 0.1) is 6.10 Å². The van der Waals surface area contributed by atoms with Crippen LogP contribution in [0, 0.1) is 0 Å². The molecule has 1 N–H and O–H groups in total. The van der Waals surface area contributed by atoms with Gasteiger partial charge < -0.3 is 19.3 Å². The highest BCUT2D eigenvalue weighted by atomic mass is 16.5. The maximum absolute atomic E-state index is 10.5. The Hall–Kier alpha value is -2.54. The van der Waals surface area contributed by atoms with Crippen LogP contribution in [0.2, 0.25) is 0 Å². The van der Waals surface area contributed by atoms with E-state index in [-0.39, 0.29) is 0 Å². The van der Waals surface area contributed by atoms with Gasteiger partial charge in [-0.2, -0.15) is 4.98 Å². The van der Waals surface area contributed by atoms with E-state index in [9.17, 15) is 5.11 Å². The average molecular weight is 393 g/mol. The first-order valence-corrected chi connectivity index (χ1v) is 10.1. The second kappa shape index (κ2) is 8.86. The van der Waals surface area contributed by atoms with Crippen molar-refractivity contribution < 1.29 is 14.4 Å². The van der Waals surface area contributed by atoms with Gasteiger partial charge >= 0.3 is 0 Å². The number of β-amino-alcohol motifs (C(OH)–C–C–N with tert-alkyl or cyclic N) is 1. The molecule has 1 saturated heterocycles. The minimum absolute atomic E-state index is 0.493. The molecule has 1 aliphatic heterocycles. The predicted molar refractivity (Wildman–Crippen MR) is 109 cm³/mol. The maximum atomic E-state index is 10.5. The zero-order valence-electron chi connectivity index (χ0n) is 16.7.